The molecule has 0 aromatic heterocycles. The summed E-state index contributed by atoms with van der Waals surface area (Å²) in [6.45, 7) is 7.01. The maximum Gasteiger partial charge on any atom is 0.0635 e. The maximum atomic E-state index is 8.47. The normalized spacial score (nSPS) is 10.8. The summed E-state index contributed by atoms with van der Waals surface area (Å²) in [5, 5.41) is 8.47. The van der Waals surface area contributed by atoms with Crippen LogP contribution in [-0.4, -0.2) is 37.7 Å². The molecular formula is C10H20N2O. The van der Waals surface area contributed by atoms with Crippen molar-refractivity contribution in [2.75, 3.05) is 26.8 Å². The fourth-order valence-electron chi connectivity index (χ4n) is 1.23. The van der Waals surface area contributed by atoms with Crippen LogP contribution in [0.1, 0.15) is 26.7 Å². The zero-order valence-corrected chi connectivity index (χ0v) is 8.92. The smallest absolute Gasteiger partial charge is 0.0635 e. The van der Waals surface area contributed by atoms with Gasteiger partial charge >= 0.3 is 0 Å². The molecule has 3 nitrogen and oxygen atoms in total. The molecule has 0 aliphatic rings. The highest BCUT2D eigenvalue weighted by atomic mass is 16.5. The molecule has 0 spiro atoms. The molecule has 0 rings (SSSR count). The third kappa shape index (κ3) is 6.56. The molecule has 0 aromatic rings. The number of hydrogen-bond acceptors (Lipinski definition) is 3. The molecular weight excluding hydrogens is 164 g/mol. The monoisotopic (exact) mass is 184 g/mol. The van der Waals surface area contributed by atoms with Crippen LogP contribution in [0.4, 0.5) is 0 Å². The Kier molecular flexibility index (Phi) is 7.66. The molecule has 0 radical (unpaired) electrons. The fraction of sp³-hybridized carbons (Fsp3) is 0.900. The Morgan fingerprint density at radius 1 is 1.38 bits per heavy atom. The number of nitriles is 1. The molecule has 0 saturated heterocycles. The average Bonchev–Trinajstić information content (AvgIpc) is 2.10. The van der Waals surface area contributed by atoms with Crippen LogP contribution in [0.3, 0.4) is 0 Å². The summed E-state index contributed by atoms with van der Waals surface area (Å²) in [5.74, 6) is 0. The topological polar surface area (TPSA) is 36.3 Å². The lowest BCUT2D eigenvalue weighted by atomic mass is 10.2. The molecule has 76 valence electrons. The van der Waals surface area contributed by atoms with Gasteiger partial charge in [0.25, 0.3) is 0 Å². The van der Waals surface area contributed by atoms with Crippen LogP contribution in [0.15, 0.2) is 0 Å². The molecule has 0 aromatic carbocycles. The molecule has 0 aliphatic carbocycles. The minimum Gasteiger partial charge on any atom is -0.385 e. The van der Waals surface area contributed by atoms with Crippen molar-refractivity contribution in [1.82, 2.24) is 4.90 Å². The molecule has 0 bridgehead atoms. The molecule has 0 aliphatic heterocycles. The zero-order valence-electron chi connectivity index (χ0n) is 8.92. The highest BCUT2D eigenvalue weighted by molar-refractivity contribution is 4.73. The van der Waals surface area contributed by atoms with Crippen molar-refractivity contribution in [3.63, 3.8) is 0 Å². The van der Waals surface area contributed by atoms with Gasteiger partial charge in [-0.1, -0.05) is 0 Å². The van der Waals surface area contributed by atoms with Crippen molar-refractivity contribution in [2.24, 2.45) is 0 Å². The Balaban J connectivity index is 3.62. The first-order valence-corrected chi connectivity index (χ1v) is 4.82. The first-order chi connectivity index (χ1) is 6.22. The van der Waals surface area contributed by atoms with Crippen LogP contribution in [0.5, 0.6) is 0 Å². The van der Waals surface area contributed by atoms with E-state index in [1.807, 2.05) is 0 Å². The summed E-state index contributed by atoms with van der Waals surface area (Å²) in [6.07, 6.45) is 1.66. The first-order valence-electron chi connectivity index (χ1n) is 4.82. The third-order valence-electron chi connectivity index (χ3n) is 2.03. The van der Waals surface area contributed by atoms with E-state index in [9.17, 15) is 0 Å². The van der Waals surface area contributed by atoms with Crippen LogP contribution in [0, 0.1) is 11.3 Å². The predicted octanol–water partition coefficient (Wildman–Crippen LogP) is 1.65. The van der Waals surface area contributed by atoms with Gasteiger partial charge in [0.05, 0.1) is 6.07 Å². The molecule has 0 fully saturated rings. The number of ether oxygens (including phenoxy) is 1. The Hall–Kier alpha value is -0.590. The minimum atomic E-state index is 0.519. The van der Waals surface area contributed by atoms with Gasteiger partial charge in [0, 0.05) is 39.3 Å². The number of hydrogen-bond donors (Lipinski definition) is 0. The van der Waals surface area contributed by atoms with E-state index in [1.165, 1.54) is 0 Å². The molecule has 3 heteroatoms. The molecule has 0 heterocycles. The van der Waals surface area contributed by atoms with Crippen molar-refractivity contribution < 1.29 is 4.74 Å². The van der Waals surface area contributed by atoms with E-state index in [1.54, 1.807) is 7.11 Å². The summed E-state index contributed by atoms with van der Waals surface area (Å²) in [6, 6.07) is 2.69. The van der Waals surface area contributed by atoms with E-state index < -0.39 is 0 Å². The Morgan fingerprint density at radius 2 is 2.08 bits per heavy atom. The van der Waals surface area contributed by atoms with Gasteiger partial charge in [0.2, 0.25) is 0 Å². The molecule has 0 amide bonds. The van der Waals surface area contributed by atoms with Crippen molar-refractivity contribution in [3.05, 3.63) is 0 Å². The van der Waals surface area contributed by atoms with Gasteiger partial charge in [-0.3, -0.25) is 4.90 Å². The second kappa shape index (κ2) is 8.03. The van der Waals surface area contributed by atoms with Gasteiger partial charge in [-0.2, -0.15) is 5.26 Å². The van der Waals surface area contributed by atoms with Gasteiger partial charge in [-0.05, 0) is 20.3 Å². The minimum absolute atomic E-state index is 0.519. The highest BCUT2D eigenvalue weighted by Gasteiger charge is 2.07. The van der Waals surface area contributed by atoms with Gasteiger partial charge in [0.1, 0.15) is 0 Å². The van der Waals surface area contributed by atoms with Gasteiger partial charge < -0.3 is 4.74 Å². The van der Waals surface area contributed by atoms with Crippen LogP contribution < -0.4 is 0 Å². The average molecular weight is 184 g/mol. The van der Waals surface area contributed by atoms with Gasteiger partial charge in [-0.15, -0.1) is 0 Å². The van der Waals surface area contributed by atoms with Gasteiger partial charge in [-0.25, -0.2) is 0 Å². The summed E-state index contributed by atoms with van der Waals surface area (Å²) in [7, 11) is 1.72. The molecule has 0 saturated carbocycles. The Bertz CT molecular complexity index is 151. The van der Waals surface area contributed by atoms with Crippen LogP contribution in [0.2, 0.25) is 0 Å². The van der Waals surface area contributed by atoms with Crippen LogP contribution in [-0.2, 0) is 4.74 Å². The predicted molar refractivity (Wildman–Crippen MR) is 53.4 cm³/mol. The number of rotatable bonds is 7. The fourth-order valence-corrected chi connectivity index (χ4v) is 1.23. The zero-order chi connectivity index (χ0) is 10.1. The summed E-state index contributed by atoms with van der Waals surface area (Å²) >= 11 is 0. The Labute approximate surface area is 81.3 Å². The van der Waals surface area contributed by atoms with Crippen molar-refractivity contribution in [1.29, 1.82) is 5.26 Å². The lowest BCUT2D eigenvalue weighted by molar-refractivity contribution is 0.159. The number of nitrogens with zero attached hydrogens (tertiary/aromatic N) is 2. The lowest BCUT2D eigenvalue weighted by Crippen LogP contribution is -2.33. The SMILES string of the molecule is COCCCN(CCC#N)C(C)C. The summed E-state index contributed by atoms with van der Waals surface area (Å²) < 4.78 is 4.98. The molecule has 0 unspecified atom stereocenters. The quantitative estimate of drug-likeness (QED) is 0.564. The molecule has 0 atom stereocenters. The highest BCUT2D eigenvalue weighted by Crippen LogP contribution is 2.00. The first kappa shape index (κ1) is 12.4. The van der Waals surface area contributed by atoms with E-state index in [0.29, 0.717) is 12.5 Å². The van der Waals surface area contributed by atoms with Crippen molar-refractivity contribution in [3.8, 4) is 6.07 Å². The largest absolute Gasteiger partial charge is 0.385 e. The van der Waals surface area contributed by atoms with E-state index in [-0.39, 0.29) is 0 Å². The van der Waals surface area contributed by atoms with Gasteiger partial charge in [0.15, 0.2) is 0 Å². The standard InChI is InChI=1S/C10H20N2O/c1-10(2)12(7-4-6-11)8-5-9-13-3/h10H,4-5,7-9H2,1-3H3. The van der Waals surface area contributed by atoms with E-state index in [4.69, 9.17) is 10.00 Å². The second-order valence-corrected chi connectivity index (χ2v) is 3.38. The second-order valence-electron chi connectivity index (χ2n) is 3.38. The molecule has 0 N–H and O–H groups in total. The van der Waals surface area contributed by atoms with E-state index in [0.717, 1.165) is 26.1 Å². The molecule has 13 heavy (non-hydrogen) atoms. The third-order valence-corrected chi connectivity index (χ3v) is 2.03. The van der Waals surface area contributed by atoms with Crippen LogP contribution >= 0.6 is 0 Å². The summed E-state index contributed by atoms with van der Waals surface area (Å²) in [5.41, 5.74) is 0. The van der Waals surface area contributed by atoms with E-state index in [2.05, 4.69) is 24.8 Å². The van der Waals surface area contributed by atoms with Crippen molar-refractivity contribution in [2.45, 2.75) is 32.7 Å². The van der Waals surface area contributed by atoms with Crippen molar-refractivity contribution >= 4 is 0 Å². The van der Waals surface area contributed by atoms with Crippen LogP contribution in [0.25, 0.3) is 0 Å². The number of methoxy groups -OCH3 is 1. The van der Waals surface area contributed by atoms with E-state index >= 15 is 0 Å². The Morgan fingerprint density at radius 3 is 2.54 bits per heavy atom. The maximum absolute atomic E-state index is 8.47. The lowest BCUT2D eigenvalue weighted by Gasteiger charge is -2.25. The summed E-state index contributed by atoms with van der Waals surface area (Å²) in [4.78, 5) is 2.31.